The molecule has 0 radical (unpaired) electrons. The predicted octanol–water partition coefficient (Wildman–Crippen LogP) is 2.10. The van der Waals surface area contributed by atoms with E-state index in [1.54, 1.807) is 13.8 Å². The summed E-state index contributed by atoms with van der Waals surface area (Å²) in [4.78, 5) is 10.7. The number of carbonyl (C=O) groups is 1. The lowest BCUT2D eigenvalue weighted by atomic mass is 10.1. The number of hydrogen-bond acceptors (Lipinski definition) is 7. The summed E-state index contributed by atoms with van der Waals surface area (Å²) in [6, 6.07) is 6.16. The van der Waals surface area contributed by atoms with E-state index in [1.165, 1.54) is 38.4 Å². The molecule has 0 aliphatic heterocycles. The van der Waals surface area contributed by atoms with Gasteiger partial charge in [-0.25, -0.2) is 4.79 Å². The van der Waals surface area contributed by atoms with Gasteiger partial charge in [0.05, 0.1) is 5.69 Å². The van der Waals surface area contributed by atoms with Crippen LogP contribution < -0.4 is 15.4 Å². The molecule has 2 rings (SSSR count). The van der Waals surface area contributed by atoms with Gasteiger partial charge in [0.2, 0.25) is 0 Å². The van der Waals surface area contributed by atoms with Crippen LogP contribution in [0.1, 0.15) is 25.0 Å². The van der Waals surface area contributed by atoms with Gasteiger partial charge in [0.25, 0.3) is 20.2 Å². The number of carbonyl (C=O) groups excluding carboxylic acids is 1. The van der Waals surface area contributed by atoms with Crippen molar-refractivity contribution in [2.75, 3.05) is 24.1 Å². The molecule has 0 fully saturated rings. The minimum atomic E-state index is -4.83. The van der Waals surface area contributed by atoms with Gasteiger partial charge in [0, 0.05) is 25.8 Å². The second-order valence-corrected chi connectivity index (χ2v) is 12.6. The molecule has 2 amide bonds. The summed E-state index contributed by atoms with van der Waals surface area (Å²) in [5, 5.41) is 4.98. The van der Waals surface area contributed by atoms with Crippen LogP contribution in [0.2, 0.25) is 0 Å². The molecule has 0 heterocycles. The number of rotatable bonds is 9. The zero-order valence-corrected chi connectivity index (χ0v) is 22.1. The largest absolute Gasteiger partial charge is 0.336 e. The van der Waals surface area contributed by atoms with E-state index in [-0.39, 0.29) is 28.5 Å². The minimum Gasteiger partial charge on any atom is -0.336 e. The first-order valence-electron chi connectivity index (χ1n) is 10.1. The van der Waals surface area contributed by atoms with Crippen molar-refractivity contribution in [2.24, 2.45) is 0 Å². The quantitative estimate of drug-likeness (QED) is 0.224. The van der Waals surface area contributed by atoms with E-state index in [1.807, 2.05) is 0 Å². The molecular weight excluding hydrogens is 536 g/mol. The lowest BCUT2D eigenvalue weighted by Gasteiger charge is -2.14. The van der Waals surface area contributed by atoms with Gasteiger partial charge in [-0.3, -0.25) is 13.8 Å². The average Bonchev–Trinajstić information content (AvgIpc) is 2.71. The van der Waals surface area contributed by atoms with Crippen molar-refractivity contribution in [1.82, 2.24) is 9.62 Å². The zero-order chi connectivity index (χ0) is 27.5. The van der Waals surface area contributed by atoms with Crippen LogP contribution in [-0.4, -0.2) is 64.8 Å². The second-order valence-electron chi connectivity index (χ2n) is 7.93. The molecule has 2 aromatic rings. The van der Waals surface area contributed by atoms with Gasteiger partial charge in [0.1, 0.15) is 9.79 Å². The standard InChI is InChI=1S/C20H26N4O9S3/c1-13(2)21-20(25)22-16-9-7-14(18(11-16)34(26,27)28)5-6-15-8-10-17(12-19(15)35(29,30)31)23-36(32,33)24(3)4/h5-13,23H,1-4H3,(H2,21,22,25)(H,26,27,28)(H,29,30,31)/b6-5+. The molecule has 0 bridgehead atoms. The van der Waals surface area contributed by atoms with Crippen molar-refractivity contribution in [3.63, 3.8) is 0 Å². The number of hydrogen-bond donors (Lipinski definition) is 5. The fourth-order valence-electron chi connectivity index (χ4n) is 2.78. The van der Waals surface area contributed by atoms with Crippen LogP contribution in [0.15, 0.2) is 46.2 Å². The molecule has 0 unspecified atom stereocenters. The van der Waals surface area contributed by atoms with Crippen LogP contribution in [0.4, 0.5) is 16.2 Å². The SMILES string of the molecule is CC(C)NC(=O)Nc1ccc(/C=C/c2ccc(NS(=O)(=O)N(C)C)cc2S(=O)(=O)O)c(S(=O)(=O)O)c1. The summed E-state index contributed by atoms with van der Waals surface area (Å²) in [6.45, 7) is 3.45. The van der Waals surface area contributed by atoms with E-state index in [4.69, 9.17) is 0 Å². The van der Waals surface area contributed by atoms with Crippen LogP contribution in [0, 0.1) is 0 Å². The molecule has 0 aliphatic rings. The van der Waals surface area contributed by atoms with E-state index in [2.05, 4.69) is 15.4 Å². The fraction of sp³-hybridized carbons (Fsp3) is 0.250. The van der Waals surface area contributed by atoms with Gasteiger partial charge >= 0.3 is 16.2 Å². The van der Waals surface area contributed by atoms with Crippen LogP contribution >= 0.6 is 0 Å². The van der Waals surface area contributed by atoms with Gasteiger partial charge in [0.15, 0.2) is 0 Å². The Morgan fingerprint density at radius 3 is 1.69 bits per heavy atom. The van der Waals surface area contributed by atoms with Crippen LogP contribution in [0.3, 0.4) is 0 Å². The van der Waals surface area contributed by atoms with E-state index in [0.29, 0.717) is 0 Å². The summed E-state index contributed by atoms with van der Waals surface area (Å²) in [7, 11) is -11.0. The Kier molecular flexibility index (Phi) is 8.87. The van der Waals surface area contributed by atoms with Crippen molar-refractivity contribution >= 4 is 60.0 Å². The Bertz CT molecular complexity index is 1500. The molecule has 198 valence electrons. The fourth-order valence-corrected chi connectivity index (χ4v) is 4.81. The van der Waals surface area contributed by atoms with Crippen molar-refractivity contribution in [2.45, 2.75) is 29.7 Å². The normalized spacial score (nSPS) is 12.8. The summed E-state index contributed by atoms with van der Waals surface area (Å²) in [5.74, 6) is 0. The highest BCUT2D eigenvalue weighted by molar-refractivity contribution is 7.90. The molecule has 0 spiro atoms. The predicted molar refractivity (Wildman–Crippen MR) is 135 cm³/mol. The lowest BCUT2D eigenvalue weighted by molar-refractivity contribution is 0.250. The second kappa shape index (κ2) is 10.9. The van der Waals surface area contributed by atoms with Crippen LogP contribution in [0.5, 0.6) is 0 Å². The third kappa shape index (κ3) is 8.00. The molecule has 0 atom stereocenters. The molecular formula is C20H26N4O9S3. The summed E-state index contributed by atoms with van der Waals surface area (Å²) in [6.07, 6.45) is 2.31. The molecule has 2 aromatic carbocycles. The number of benzene rings is 2. The first-order chi connectivity index (χ1) is 16.4. The molecule has 5 N–H and O–H groups in total. The number of anilines is 2. The van der Waals surface area contributed by atoms with Gasteiger partial charge in [-0.2, -0.15) is 29.6 Å². The molecule has 0 aromatic heterocycles. The Morgan fingerprint density at radius 1 is 0.833 bits per heavy atom. The van der Waals surface area contributed by atoms with Gasteiger partial charge in [-0.15, -0.1) is 0 Å². The lowest BCUT2D eigenvalue weighted by Crippen LogP contribution is -2.34. The molecule has 16 heteroatoms. The third-order valence-corrected chi connectivity index (χ3v) is 7.70. The van der Waals surface area contributed by atoms with E-state index >= 15 is 0 Å². The Balaban J connectivity index is 2.50. The van der Waals surface area contributed by atoms with Gasteiger partial charge in [-0.05, 0) is 49.2 Å². The average molecular weight is 563 g/mol. The highest BCUT2D eigenvalue weighted by atomic mass is 32.2. The Labute approximate surface area is 209 Å². The summed E-state index contributed by atoms with van der Waals surface area (Å²) < 4.78 is 94.0. The number of urea groups is 1. The van der Waals surface area contributed by atoms with Crippen molar-refractivity contribution in [3.8, 4) is 0 Å². The summed E-state index contributed by atoms with van der Waals surface area (Å²) >= 11 is 0. The topological polar surface area (TPSA) is 199 Å². The number of nitrogens with zero attached hydrogens (tertiary/aromatic N) is 1. The van der Waals surface area contributed by atoms with Crippen molar-refractivity contribution in [1.29, 1.82) is 0 Å². The van der Waals surface area contributed by atoms with Gasteiger partial charge in [-0.1, -0.05) is 24.3 Å². The van der Waals surface area contributed by atoms with Crippen LogP contribution in [-0.2, 0) is 30.4 Å². The third-order valence-electron chi connectivity index (χ3n) is 4.43. The maximum absolute atomic E-state index is 12.0. The summed E-state index contributed by atoms with van der Waals surface area (Å²) in [5.41, 5.74) is -0.257. The highest BCUT2D eigenvalue weighted by Crippen LogP contribution is 2.26. The Hall–Kier alpha value is -3.02. The first-order valence-corrected chi connectivity index (χ1v) is 14.4. The van der Waals surface area contributed by atoms with E-state index in [0.717, 1.165) is 28.6 Å². The number of amides is 2. The van der Waals surface area contributed by atoms with E-state index in [9.17, 15) is 39.2 Å². The first kappa shape index (κ1) is 29.2. The minimum absolute atomic E-state index is 0.0639. The molecule has 0 saturated carbocycles. The number of nitrogens with one attached hydrogen (secondary N) is 3. The maximum atomic E-state index is 12.0. The zero-order valence-electron chi connectivity index (χ0n) is 19.6. The highest BCUT2D eigenvalue weighted by Gasteiger charge is 2.20. The maximum Gasteiger partial charge on any atom is 0.319 e. The Morgan fingerprint density at radius 2 is 1.28 bits per heavy atom. The van der Waals surface area contributed by atoms with Crippen molar-refractivity contribution < 1.29 is 39.2 Å². The van der Waals surface area contributed by atoms with Crippen LogP contribution in [0.25, 0.3) is 12.2 Å². The van der Waals surface area contributed by atoms with Gasteiger partial charge < -0.3 is 10.6 Å². The molecule has 13 nitrogen and oxygen atoms in total. The van der Waals surface area contributed by atoms with E-state index < -0.39 is 46.3 Å². The molecule has 36 heavy (non-hydrogen) atoms. The van der Waals surface area contributed by atoms with Crippen molar-refractivity contribution in [3.05, 3.63) is 47.5 Å². The smallest absolute Gasteiger partial charge is 0.319 e. The molecule has 0 aliphatic carbocycles. The monoisotopic (exact) mass is 562 g/mol. The molecule has 0 saturated heterocycles.